The highest BCUT2D eigenvalue weighted by Crippen LogP contribution is 2.15. The van der Waals surface area contributed by atoms with Gasteiger partial charge in [-0.15, -0.1) is 0 Å². The molecule has 0 bridgehead atoms. The molecule has 0 rings (SSSR count). The van der Waals surface area contributed by atoms with Gasteiger partial charge in [-0.3, -0.25) is 14.4 Å². The van der Waals surface area contributed by atoms with Crippen LogP contribution in [0.15, 0.2) is 36.5 Å². The fourth-order valence-corrected chi connectivity index (χ4v) is 6.42. The zero-order valence-electron chi connectivity index (χ0n) is 35.7. The largest absolute Gasteiger partial charge is 0.462 e. The van der Waals surface area contributed by atoms with E-state index in [1.165, 1.54) is 122 Å². The minimum Gasteiger partial charge on any atom is -0.462 e. The van der Waals surface area contributed by atoms with Crippen molar-refractivity contribution in [1.29, 1.82) is 0 Å². The number of rotatable bonds is 41. The lowest BCUT2D eigenvalue weighted by Gasteiger charge is -2.18. The molecule has 314 valence electrons. The number of allylic oxidation sites excluding steroid dienone is 6. The summed E-state index contributed by atoms with van der Waals surface area (Å²) in [6.07, 6.45) is 48.7. The second kappa shape index (κ2) is 43.4. The number of hydrogen-bond donors (Lipinski definition) is 0. The fourth-order valence-electron chi connectivity index (χ4n) is 6.42. The van der Waals surface area contributed by atoms with Crippen LogP contribution in [0, 0.1) is 0 Å². The predicted molar refractivity (Wildman–Crippen MR) is 229 cm³/mol. The Hall–Kier alpha value is -2.37. The van der Waals surface area contributed by atoms with Gasteiger partial charge in [-0.1, -0.05) is 186 Å². The maximum Gasteiger partial charge on any atom is 0.306 e. The normalized spacial score (nSPS) is 12.3. The SMILES string of the molecule is CC/C=C\C/C=C\CCCCC(=O)OC(COC(=O)CCC/C=C\CCCCCC)COC(=O)CCCCCCCCCCCCCCCCCCCC. The third-order valence-electron chi connectivity index (χ3n) is 9.88. The Labute approximate surface area is 334 Å². The summed E-state index contributed by atoms with van der Waals surface area (Å²) in [5.41, 5.74) is 0. The lowest BCUT2D eigenvalue weighted by atomic mass is 10.0. The van der Waals surface area contributed by atoms with Crippen molar-refractivity contribution >= 4 is 17.9 Å². The minimum absolute atomic E-state index is 0.0916. The second-order valence-electron chi connectivity index (χ2n) is 15.3. The molecule has 0 saturated heterocycles. The summed E-state index contributed by atoms with van der Waals surface area (Å²) in [7, 11) is 0. The van der Waals surface area contributed by atoms with E-state index >= 15 is 0 Å². The molecule has 1 unspecified atom stereocenters. The van der Waals surface area contributed by atoms with Crippen LogP contribution in [0.1, 0.15) is 233 Å². The van der Waals surface area contributed by atoms with E-state index in [-0.39, 0.29) is 37.5 Å². The van der Waals surface area contributed by atoms with Crippen molar-refractivity contribution in [3.63, 3.8) is 0 Å². The first-order valence-corrected chi connectivity index (χ1v) is 23.0. The number of carbonyl (C=O) groups excluding carboxylic acids is 3. The quantitative estimate of drug-likeness (QED) is 0.0267. The Morgan fingerprint density at radius 1 is 0.389 bits per heavy atom. The maximum atomic E-state index is 12.6. The second-order valence-corrected chi connectivity index (χ2v) is 15.3. The third-order valence-corrected chi connectivity index (χ3v) is 9.88. The van der Waals surface area contributed by atoms with Crippen LogP contribution in [0.4, 0.5) is 0 Å². The molecule has 0 radical (unpaired) electrons. The van der Waals surface area contributed by atoms with E-state index in [0.29, 0.717) is 25.7 Å². The molecule has 0 N–H and O–H groups in total. The van der Waals surface area contributed by atoms with E-state index in [9.17, 15) is 14.4 Å². The molecule has 0 fully saturated rings. The van der Waals surface area contributed by atoms with Gasteiger partial charge < -0.3 is 14.2 Å². The maximum absolute atomic E-state index is 12.6. The van der Waals surface area contributed by atoms with E-state index in [1.807, 2.05) is 0 Å². The molecule has 0 spiro atoms. The summed E-state index contributed by atoms with van der Waals surface area (Å²) in [5, 5.41) is 0. The number of hydrogen-bond acceptors (Lipinski definition) is 6. The molecule has 54 heavy (non-hydrogen) atoms. The van der Waals surface area contributed by atoms with Crippen LogP contribution >= 0.6 is 0 Å². The lowest BCUT2D eigenvalue weighted by Crippen LogP contribution is -2.30. The first-order valence-electron chi connectivity index (χ1n) is 23.0. The first kappa shape index (κ1) is 51.6. The Bertz CT molecular complexity index is 922. The molecule has 0 aliphatic rings. The van der Waals surface area contributed by atoms with Crippen LogP contribution in [0.5, 0.6) is 0 Å². The third kappa shape index (κ3) is 40.8. The molecule has 0 aromatic carbocycles. The van der Waals surface area contributed by atoms with Crippen molar-refractivity contribution in [2.45, 2.75) is 239 Å². The number of ether oxygens (including phenoxy) is 3. The monoisotopic (exact) mass is 759 g/mol. The summed E-state index contributed by atoms with van der Waals surface area (Å²) in [6.45, 7) is 6.43. The molecule has 0 amide bonds. The van der Waals surface area contributed by atoms with Gasteiger partial charge in [0.05, 0.1) is 0 Å². The zero-order chi connectivity index (χ0) is 39.4. The molecule has 0 aromatic rings. The van der Waals surface area contributed by atoms with E-state index in [4.69, 9.17) is 14.2 Å². The summed E-state index contributed by atoms with van der Waals surface area (Å²) >= 11 is 0. The van der Waals surface area contributed by atoms with E-state index in [2.05, 4.69) is 57.2 Å². The van der Waals surface area contributed by atoms with Gasteiger partial charge in [0.1, 0.15) is 13.2 Å². The van der Waals surface area contributed by atoms with Gasteiger partial charge in [-0.2, -0.15) is 0 Å². The molecular weight excluding hydrogens is 673 g/mol. The van der Waals surface area contributed by atoms with Crippen LogP contribution in [-0.4, -0.2) is 37.2 Å². The summed E-state index contributed by atoms with van der Waals surface area (Å²) in [5.74, 6) is -0.964. The van der Waals surface area contributed by atoms with Crippen molar-refractivity contribution in [2.75, 3.05) is 13.2 Å². The molecule has 1 atom stereocenters. The van der Waals surface area contributed by atoms with Gasteiger partial charge in [-0.05, 0) is 64.2 Å². The Balaban J connectivity index is 4.26. The van der Waals surface area contributed by atoms with Gasteiger partial charge in [-0.25, -0.2) is 0 Å². The summed E-state index contributed by atoms with van der Waals surface area (Å²) in [4.78, 5) is 37.6. The highest BCUT2D eigenvalue weighted by molar-refractivity contribution is 5.71. The van der Waals surface area contributed by atoms with Gasteiger partial charge in [0.15, 0.2) is 6.10 Å². The van der Waals surface area contributed by atoms with Crippen LogP contribution < -0.4 is 0 Å². The average Bonchev–Trinajstić information content (AvgIpc) is 3.17. The summed E-state index contributed by atoms with van der Waals surface area (Å²) in [6, 6.07) is 0. The Kier molecular flexibility index (Phi) is 41.5. The molecule has 6 heteroatoms. The van der Waals surface area contributed by atoms with E-state index in [0.717, 1.165) is 57.8 Å². The standard InChI is InChI=1S/C48H86O6/c1-4-7-10-13-16-19-20-21-22-23-24-25-26-27-30-32-35-38-41-47(50)53-44-45(54-48(51)42-39-36-33-29-18-15-12-9-6-3)43-52-46(49)40-37-34-31-28-17-14-11-8-5-2/h9,12,18,28-29,31,45H,4-8,10-11,13-17,19-27,30,32-44H2,1-3H3/b12-9-,29-18-,31-28-. The highest BCUT2D eigenvalue weighted by Gasteiger charge is 2.19. The predicted octanol–water partition coefficient (Wildman–Crippen LogP) is 14.6. The van der Waals surface area contributed by atoms with E-state index < -0.39 is 6.10 Å². The van der Waals surface area contributed by atoms with Crippen LogP contribution in [0.25, 0.3) is 0 Å². The molecular formula is C48H86O6. The molecule has 0 aliphatic heterocycles. The van der Waals surface area contributed by atoms with Crippen molar-refractivity contribution < 1.29 is 28.6 Å². The van der Waals surface area contributed by atoms with Crippen LogP contribution in [0.3, 0.4) is 0 Å². The minimum atomic E-state index is -0.793. The molecule has 0 aromatic heterocycles. The molecule has 0 aliphatic carbocycles. The lowest BCUT2D eigenvalue weighted by molar-refractivity contribution is -0.167. The zero-order valence-corrected chi connectivity index (χ0v) is 35.7. The van der Waals surface area contributed by atoms with Crippen molar-refractivity contribution in [1.82, 2.24) is 0 Å². The highest BCUT2D eigenvalue weighted by atomic mass is 16.6. The fraction of sp³-hybridized carbons (Fsp3) is 0.812. The van der Waals surface area contributed by atoms with Gasteiger partial charge in [0.25, 0.3) is 0 Å². The first-order chi connectivity index (χ1) is 26.5. The number of carbonyl (C=O) groups is 3. The molecule has 0 saturated carbocycles. The summed E-state index contributed by atoms with van der Waals surface area (Å²) < 4.78 is 16.6. The van der Waals surface area contributed by atoms with Crippen molar-refractivity contribution in [3.05, 3.63) is 36.5 Å². The Morgan fingerprint density at radius 2 is 0.741 bits per heavy atom. The van der Waals surface area contributed by atoms with Gasteiger partial charge >= 0.3 is 17.9 Å². The molecule has 0 heterocycles. The van der Waals surface area contributed by atoms with Gasteiger partial charge in [0.2, 0.25) is 0 Å². The Morgan fingerprint density at radius 3 is 1.24 bits per heavy atom. The van der Waals surface area contributed by atoms with Crippen LogP contribution in [-0.2, 0) is 28.6 Å². The van der Waals surface area contributed by atoms with Crippen molar-refractivity contribution in [3.8, 4) is 0 Å². The van der Waals surface area contributed by atoms with Gasteiger partial charge in [0, 0.05) is 19.3 Å². The van der Waals surface area contributed by atoms with Crippen molar-refractivity contribution in [2.24, 2.45) is 0 Å². The number of unbranched alkanes of at least 4 members (excludes halogenated alkanes) is 24. The smallest absolute Gasteiger partial charge is 0.306 e. The molecule has 6 nitrogen and oxygen atoms in total. The topological polar surface area (TPSA) is 78.9 Å². The van der Waals surface area contributed by atoms with Crippen LogP contribution in [0.2, 0.25) is 0 Å². The number of esters is 3. The average molecular weight is 759 g/mol. The van der Waals surface area contributed by atoms with E-state index in [1.54, 1.807) is 0 Å².